The van der Waals surface area contributed by atoms with Gasteiger partial charge in [-0.15, -0.1) is 0 Å². The van der Waals surface area contributed by atoms with Crippen LogP contribution in [0, 0.1) is 10.1 Å². The lowest BCUT2D eigenvalue weighted by molar-refractivity contribution is -0.384. The van der Waals surface area contributed by atoms with Gasteiger partial charge in [0.25, 0.3) is 5.69 Å². The molecule has 1 aliphatic heterocycles. The average molecular weight is 304 g/mol. The fourth-order valence-corrected chi connectivity index (χ4v) is 2.70. The predicted molar refractivity (Wildman–Crippen MR) is 84.1 cm³/mol. The minimum absolute atomic E-state index is 0.0851. The van der Waals surface area contributed by atoms with Crippen molar-refractivity contribution in [3.8, 4) is 0 Å². The molecular formula is C15H14ClN3O2. The lowest BCUT2D eigenvalue weighted by Crippen LogP contribution is -2.03. The normalized spacial score (nSPS) is 12.6. The summed E-state index contributed by atoms with van der Waals surface area (Å²) in [5.74, 6) is 0. The van der Waals surface area contributed by atoms with Gasteiger partial charge in [-0.1, -0.05) is 29.8 Å². The molecule has 0 aromatic heterocycles. The molecule has 6 heteroatoms. The van der Waals surface area contributed by atoms with E-state index in [0.717, 1.165) is 18.5 Å². The van der Waals surface area contributed by atoms with Crippen LogP contribution in [0.1, 0.15) is 11.1 Å². The first-order valence-corrected chi connectivity index (χ1v) is 7.05. The lowest BCUT2D eigenvalue weighted by atomic mass is 10.1. The van der Waals surface area contributed by atoms with E-state index in [-0.39, 0.29) is 10.7 Å². The Balaban J connectivity index is 1.78. The third-order valence-corrected chi connectivity index (χ3v) is 3.88. The molecule has 2 aromatic rings. The summed E-state index contributed by atoms with van der Waals surface area (Å²) in [5.41, 5.74) is 4.24. The standard InChI is InChI=1S/C15H14ClN3O2/c16-13-5-4-12(8-14(13)19(20)21)18-9-11-3-1-2-10-6-7-17-15(10)11/h1-5,8,17-18H,6-7,9H2. The van der Waals surface area contributed by atoms with Crippen LogP contribution in [0.5, 0.6) is 0 Å². The van der Waals surface area contributed by atoms with Gasteiger partial charge >= 0.3 is 0 Å². The first kappa shape index (κ1) is 13.7. The molecule has 0 unspecified atom stereocenters. The van der Waals surface area contributed by atoms with Gasteiger partial charge in [-0.3, -0.25) is 10.1 Å². The summed E-state index contributed by atoms with van der Waals surface area (Å²) in [6.07, 6.45) is 1.04. The largest absolute Gasteiger partial charge is 0.384 e. The second kappa shape index (κ2) is 5.61. The smallest absolute Gasteiger partial charge is 0.289 e. The number of nitro benzene ring substituents is 1. The summed E-state index contributed by atoms with van der Waals surface area (Å²) in [6, 6.07) is 10.9. The van der Waals surface area contributed by atoms with Crippen molar-refractivity contribution in [2.75, 3.05) is 17.2 Å². The molecule has 3 rings (SSSR count). The lowest BCUT2D eigenvalue weighted by Gasteiger charge is -2.11. The van der Waals surface area contributed by atoms with Crippen LogP contribution >= 0.6 is 11.6 Å². The molecule has 21 heavy (non-hydrogen) atoms. The Kier molecular flexibility index (Phi) is 3.66. The van der Waals surface area contributed by atoms with Crippen molar-refractivity contribution in [1.29, 1.82) is 0 Å². The molecule has 5 nitrogen and oxygen atoms in total. The van der Waals surface area contributed by atoms with Crippen molar-refractivity contribution in [3.63, 3.8) is 0 Å². The SMILES string of the molecule is O=[N+]([O-])c1cc(NCc2cccc3c2NCC3)ccc1Cl. The third-order valence-electron chi connectivity index (χ3n) is 3.56. The van der Waals surface area contributed by atoms with Gasteiger partial charge in [0, 0.05) is 30.5 Å². The Morgan fingerprint density at radius 2 is 2.19 bits per heavy atom. The quantitative estimate of drug-likeness (QED) is 0.665. The van der Waals surface area contributed by atoms with E-state index in [4.69, 9.17) is 11.6 Å². The number of anilines is 2. The fourth-order valence-electron chi connectivity index (χ4n) is 2.52. The van der Waals surface area contributed by atoms with E-state index < -0.39 is 4.92 Å². The number of hydrogen-bond donors (Lipinski definition) is 2. The molecule has 108 valence electrons. The number of nitrogens with one attached hydrogen (secondary N) is 2. The van der Waals surface area contributed by atoms with Gasteiger partial charge in [0.2, 0.25) is 0 Å². The van der Waals surface area contributed by atoms with E-state index in [0.29, 0.717) is 12.2 Å². The Labute approximate surface area is 127 Å². The van der Waals surface area contributed by atoms with Crippen LogP contribution in [-0.4, -0.2) is 11.5 Å². The number of benzene rings is 2. The summed E-state index contributed by atoms with van der Waals surface area (Å²) in [5, 5.41) is 17.6. The Morgan fingerprint density at radius 1 is 1.33 bits per heavy atom. The predicted octanol–water partition coefficient (Wildman–Crippen LogP) is 3.83. The minimum Gasteiger partial charge on any atom is -0.384 e. The zero-order valence-corrected chi connectivity index (χ0v) is 12.0. The molecule has 0 radical (unpaired) electrons. The molecule has 0 amide bonds. The molecule has 0 aliphatic carbocycles. The molecule has 1 heterocycles. The van der Waals surface area contributed by atoms with Crippen LogP contribution in [-0.2, 0) is 13.0 Å². The van der Waals surface area contributed by atoms with Crippen molar-refractivity contribution in [2.45, 2.75) is 13.0 Å². The highest BCUT2D eigenvalue weighted by molar-refractivity contribution is 6.32. The molecule has 0 spiro atoms. The van der Waals surface area contributed by atoms with Crippen molar-refractivity contribution in [2.24, 2.45) is 0 Å². The number of nitro groups is 1. The molecule has 0 fully saturated rings. The van der Waals surface area contributed by atoms with Crippen molar-refractivity contribution < 1.29 is 4.92 Å². The number of nitrogens with zero attached hydrogens (tertiary/aromatic N) is 1. The minimum atomic E-state index is -0.477. The first-order chi connectivity index (χ1) is 10.1. The van der Waals surface area contributed by atoms with E-state index in [1.54, 1.807) is 6.07 Å². The van der Waals surface area contributed by atoms with Gasteiger partial charge in [0.15, 0.2) is 0 Å². The highest BCUT2D eigenvalue weighted by Crippen LogP contribution is 2.29. The second-order valence-electron chi connectivity index (χ2n) is 4.90. The number of hydrogen-bond acceptors (Lipinski definition) is 4. The molecular weight excluding hydrogens is 290 g/mol. The molecule has 2 aromatic carbocycles. The number of halogens is 1. The highest BCUT2D eigenvalue weighted by Gasteiger charge is 2.15. The molecule has 1 aliphatic rings. The molecule has 0 bridgehead atoms. The van der Waals surface area contributed by atoms with Gasteiger partial charge in [-0.2, -0.15) is 0 Å². The molecule has 0 saturated heterocycles. The summed E-state index contributed by atoms with van der Waals surface area (Å²) in [4.78, 5) is 10.4. The van der Waals surface area contributed by atoms with Gasteiger partial charge in [-0.05, 0) is 29.7 Å². The number of fused-ring (bicyclic) bond motifs is 1. The van der Waals surface area contributed by atoms with Gasteiger partial charge in [0.1, 0.15) is 5.02 Å². The Hall–Kier alpha value is -2.27. The maximum Gasteiger partial charge on any atom is 0.289 e. The average Bonchev–Trinajstić information content (AvgIpc) is 2.95. The number of rotatable bonds is 4. The Bertz CT molecular complexity index is 703. The topological polar surface area (TPSA) is 67.2 Å². The Morgan fingerprint density at radius 3 is 3.00 bits per heavy atom. The van der Waals surface area contributed by atoms with E-state index >= 15 is 0 Å². The zero-order chi connectivity index (χ0) is 14.8. The van der Waals surface area contributed by atoms with Crippen LogP contribution in [0.2, 0.25) is 5.02 Å². The number of para-hydroxylation sites is 1. The maximum atomic E-state index is 10.9. The molecule has 0 saturated carbocycles. The first-order valence-electron chi connectivity index (χ1n) is 6.67. The van der Waals surface area contributed by atoms with E-state index in [2.05, 4.69) is 22.8 Å². The van der Waals surface area contributed by atoms with E-state index in [9.17, 15) is 10.1 Å². The van der Waals surface area contributed by atoms with Crippen LogP contribution in [0.15, 0.2) is 36.4 Å². The van der Waals surface area contributed by atoms with Gasteiger partial charge < -0.3 is 10.6 Å². The van der Waals surface area contributed by atoms with Crippen LogP contribution < -0.4 is 10.6 Å². The highest BCUT2D eigenvalue weighted by atomic mass is 35.5. The van der Waals surface area contributed by atoms with Crippen molar-refractivity contribution in [1.82, 2.24) is 0 Å². The third kappa shape index (κ3) is 2.78. The second-order valence-corrected chi connectivity index (χ2v) is 5.31. The van der Waals surface area contributed by atoms with Crippen LogP contribution in [0.3, 0.4) is 0 Å². The summed E-state index contributed by atoms with van der Waals surface area (Å²) in [6.45, 7) is 1.56. The molecule has 0 atom stereocenters. The summed E-state index contributed by atoms with van der Waals surface area (Å²) < 4.78 is 0. The fraction of sp³-hybridized carbons (Fsp3) is 0.200. The van der Waals surface area contributed by atoms with E-state index in [1.165, 1.54) is 23.4 Å². The van der Waals surface area contributed by atoms with E-state index in [1.807, 2.05) is 6.07 Å². The molecule has 2 N–H and O–H groups in total. The summed E-state index contributed by atoms with van der Waals surface area (Å²) in [7, 11) is 0. The maximum absolute atomic E-state index is 10.9. The van der Waals surface area contributed by atoms with Crippen molar-refractivity contribution >= 4 is 28.7 Å². The van der Waals surface area contributed by atoms with Gasteiger partial charge in [-0.25, -0.2) is 0 Å². The van der Waals surface area contributed by atoms with Gasteiger partial charge in [0.05, 0.1) is 4.92 Å². The monoisotopic (exact) mass is 303 g/mol. The van der Waals surface area contributed by atoms with Crippen LogP contribution in [0.4, 0.5) is 17.1 Å². The zero-order valence-electron chi connectivity index (χ0n) is 11.2. The van der Waals surface area contributed by atoms with Crippen LogP contribution in [0.25, 0.3) is 0 Å². The summed E-state index contributed by atoms with van der Waals surface area (Å²) >= 11 is 5.81. The van der Waals surface area contributed by atoms with Crippen molar-refractivity contribution in [3.05, 3.63) is 62.7 Å².